The summed E-state index contributed by atoms with van der Waals surface area (Å²) in [5.74, 6) is -0.222. The summed E-state index contributed by atoms with van der Waals surface area (Å²) < 4.78 is 15.2. The largest absolute Gasteiger partial charge is 0.359 e. The molecule has 1 aliphatic heterocycles. The van der Waals surface area contributed by atoms with Gasteiger partial charge in [0.2, 0.25) is 5.91 Å². The average Bonchev–Trinajstić information content (AvgIpc) is 2.95. The summed E-state index contributed by atoms with van der Waals surface area (Å²) in [6.45, 7) is 2.13. The molecule has 0 aliphatic carbocycles. The van der Waals surface area contributed by atoms with E-state index in [1.165, 1.54) is 6.07 Å². The van der Waals surface area contributed by atoms with Gasteiger partial charge in [-0.3, -0.25) is 14.4 Å². The predicted octanol–water partition coefficient (Wildman–Crippen LogP) is 1.72. The predicted molar refractivity (Wildman–Crippen MR) is 80.5 cm³/mol. The second-order valence-corrected chi connectivity index (χ2v) is 5.60. The molecule has 1 aromatic heterocycles. The van der Waals surface area contributed by atoms with E-state index in [0.29, 0.717) is 13.0 Å². The van der Waals surface area contributed by atoms with Gasteiger partial charge in [-0.15, -0.1) is 0 Å². The minimum atomic E-state index is -0.221. The molecule has 3 rings (SSSR count). The summed E-state index contributed by atoms with van der Waals surface area (Å²) >= 11 is 0. The molecule has 0 spiro atoms. The Bertz CT molecular complexity index is 670. The number of benzene rings is 1. The molecule has 6 heteroatoms. The van der Waals surface area contributed by atoms with Crippen molar-refractivity contribution in [3.8, 4) is 0 Å². The van der Waals surface area contributed by atoms with Gasteiger partial charge in [0.15, 0.2) is 0 Å². The zero-order valence-corrected chi connectivity index (χ0v) is 12.5. The number of hydrogen-bond donors (Lipinski definition) is 1. The molecule has 0 fully saturated rings. The molecule has 0 saturated heterocycles. The summed E-state index contributed by atoms with van der Waals surface area (Å²) in [4.78, 5) is 13.9. The summed E-state index contributed by atoms with van der Waals surface area (Å²) in [5.41, 5.74) is 2.02. The van der Waals surface area contributed by atoms with E-state index in [-0.39, 0.29) is 17.8 Å². The van der Waals surface area contributed by atoms with Crippen molar-refractivity contribution in [1.82, 2.24) is 20.0 Å². The second-order valence-electron chi connectivity index (χ2n) is 5.60. The number of hydrogen-bond acceptors (Lipinski definition) is 3. The standard InChI is InChI=1S/C16H19FN4O/c1-18-16(22)8-15-11-20(10-14-5-6-19-21(14)15)9-12-3-2-4-13(17)7-12/h2-7,15H,8-11H2,1H3,(H,18,22)/t15-/m0/s1. The van der Waals surface area contributed by atoms with Crippen LogP contribution in [0.5, 0.6) is 0 Å². The third-order valence-corrected chi connectivity index (χ3v) is 3.95. The zero-order valence-electron chi connectivity index (χ0n) is 12.5. The fourth-order valence-electron chi connectivity index (χ4n) is 2.95. The number of carbonyl (C=O) groups excluding carboxylic acids is 1. The van der Waals surface area contributed by atoms with Crippen LogP contribution in [0, 0.1) is 5.82 Å². The Hall–Kier alpha value is -2.21. The van der Waals surface area contributed by atoms with Gasteiger partial charge >= 0.3 is 0 Å². The van der Waals surface area contributed by atoms with Gasteiger partial charge in [0, 0.05) is 32.9 Å². The van der Waals surface area contributed by atoms with Crippen molar-refractivity contribution in [1.29, 1.82) is 0 Å². The van der Waals surface area contributed by atoms with Crippen LogP contribution in [-0.2, 0) is 17.9 Å². The molecular weight excluding hydrogens is 283 g/mol. The normalized spacial score (nSPS) is 18.0. The number of carbonyl (C=O) groups is 1. The van der Waals surface area contributed by atoms with Crippen molar-refractivity contribution in [3.63, 3.8) is 0 Å². The fourth-order valence-corrected chi connectivity index (χ4v) is 2.95. The lowest BCUT2D eigenvalue weighted by molar-refractivity contribution is -0.121. The van der Waals surface area contributed by atoms with E-state index in [9.17, 15) is 9.18 Å². The van der Waals surface area contributed by atoms with Crippen molar-refractivity contribution in [3.05, 3.63) is 53.6 Å². The quantitative estimate of drug-likeness (QED) is 0.935. The van der Waals surface area contributed by atoms with Crippen LogP contribution in [0.2, 0.25) is 0 Å². The molecule has 2 heterocycles. The lowest BCUT2D eigenvalue weighted by atomic mass is 10.1. The van der Waals surface area contributed by atoms with E-state index in [4.69, 9.17) is 0 Å². The number of nitrogens with zero attached hydrogens (tertiary/aromatic N) is 3. The van der Waals surface area contributed by atoms with Crippen molar-refractivity contribution < 1.29 is 9.18 Å². The van der Waals surface area contributed by atoms with Gasteiger partial charge in [0.1, 0.15) is 5.82 Å². The maximum atomic E-state index is 13.3. The van der Waals surface area contributed by atoms with Crippen molar-refractivity contribution >= 4 is 5.91 Å². The highest BCUT2D eigenvalue weighted by Gasteiger charge is 2.27. The van der Waals surface area contributed by atoms with Gasteiger partial charge < -0.3 is 5.32 Å². The molecule has 22 heavy (non-hydrogen) atoms. The van der Waals surface area contributed by atoms with Crippen molar-refractivity contribution in [2.75, 3.05) is 13.6 Å². The Kier molecular flexibility index (Phi) is 4.20. The highest BCUT2D eigenvalue weighted by molar-refractivity contribution is 5.76. The van der Waals surface area contributed by atoms with Gasteiger partial charge in [-0.2, -0.15) is 5.10 Å². The monoisotopic (exact) mass is 302 g/mol. The Balaban J connectivity index is 1.76. The Morgan fingerprint density at radius 1 is 1.45 bits per heavy atom. The van der Waals surface area contributed by atoms with Gasteiger partial charge in [-0.1, -0.05) is 12.1 Å². The molecule has 1 aliphatic rings. The molecule has 116 valence electrons. The number of rotatable bonds is 4. The van der Waals surface area contributed by atoms with Gasteiger partial charge in [0.05, 0.1) is 18.2 Å². The fraction of sp³-hybridized carbons (Fsp3) is 0.375. The zero-order chi connectivity index (χ0) is 15.5. The minimum absolute atomic E-state index is 0.000874. The highest BCUT2D eigenvalue weighted by atomic mass is 19.1. The van der Waals surface area contributed by atoms with E-state index in [1.54, 1.807) is 25.4 Å². The first-order valence-electron chi connectivity index (χ1n) is 7.35. The summed E-state index contributed by atoms with van der Waals surface area (Å²) in [7, 11) is 1.64. The topological polar surface area (TPSA) is 50.2 Å². The Labute approximate surface area is 128 Å². The maximum Gasteiger partial charge on any atom is 0.221 e. The molecule has 1 amide bonds. The molecule has 0 radical (unpaired) electrons. The molecule has 1 atom stereocenters. The molecule has 2 aromatic rings. The lowest BCUT2D eigenvalue weighted by Gasteiger charge is -2.33. The Morgan fingerprint density at radius 2 is 2.32 bits per heavy atom. The molecule has 5 nitrogen and oxygen atoms in total. The van der Waals surface area contributed by atoms with Crippen LogP contribution in [-0.4, -0.2) is 34.2 Å². The maximum absolute atomic E-state index is 13.3. The van der Waals surface area contributed by atoms with E-state index in [0.717, 1.165) is 24.3 Å². The van der Waals surface area contributed by atoms with Crippen LogP contribution in [0.3, 0.4) is 0 Å². The van der Waals surface area contributed by atoms with Gasteiger partial charge in [-0.25, -0.2) is 4.39 Å². The molecule has 1 N–H and O–H groups in total. The first-order valence-corrected chi connectivity index (χ1v) is 7.35. The van der Waals surface area contributed by atoms with Crippen molar-refractivity contribution in [2.45, 2.75) is 25.6 Å². The minimum Gasteiger partial charge on any atom is -0.359 e. The van der Waals surface area contributed by atoms with Gasteiger partial charge in [0.25, 0.3) is 0 Å². The first-order chi connectivity index (χ1) is 10.7. The van der Waals surface area contributed by atoms with E-state index in [1.807, 2.05) is 16.8 Å². The summed E-state index contributed by atoms with van der Waals surface area (Å²) in [5, 5.41) is 6.99. The van der Waals surface area contributed by atoms with Crippen molar-refractivity contribution in [2.24, 2.45) is 0 Å². The number of nitrogens with one attached hydrogen (secondary N) is 1. The number of aromatic nitrogens is 2. The SMILES string of the molecule is CNC(=O)C[C@H]1CN(Cc2cccc(F)c2)Cc2ccnn21. The third kappa shape index (κ3) is 3.17. The number of fused-ring (bicyclic) bond motifs is 1. The summed E-state index contributed by atoms with van der Waals surface area (Å²) in [6.07, 6.45) is 2.16. The van der Waals surface area contributed by atoms with Crippen LogP contribution in [0.1, 0.15) is 23.7 Å². The molecular formula is C16H19FN4O. The van der Waals surface area contributed by atoms with Crippen LogP contribution >= 0.6 is 0 Å². The van der Waals surface area contributed by atoms with Crippen LogP contribution in [0.15, 0.2) is 36.5 Å². The molecule has 0 saturated carbocycles. The molecule has 1 aromatic carbocycles. The lowest BCUT2D eigenvalue weighted by Crippen LogP contribution is -2.39. The number of amides is 1. The van der Waals surface area contributed by atoms with Crippen LogP contribution < -0.4 is 5.32 Å². The van der Waals surface area contributed by atoms with Crippen LogP contribution in [0.25, 0.3) is 0 Å². The molecule has 0 bridgehead atoms. The van der Waals surface area contributed by atoms with E-state index in [2.05, 4.69) is 15.3 Å². The smallest absolute Gasteiger partial charge is 0.221 e. The van der Waals surface area contributed by atoms with E-state index < -0.39 is 0 Å². The summed E-state index contributed by atoms with van der Waals surface area (Å²) in [6, 6.07) is 8.62. The molecule has 0 unspecified atom stereocenters. The Morgan fingerprint density at radius 3 is 3.09 bits per heavy atom. The van der Waals surface area contributed by atoms with E-state index >= 15 is 0 Å². The number of halogens is 1. The first kappa shape index (κ1) is 14.7. The van der Waals surface area contributed by atoms with Crippen LogP contribution in [0.4, 0.5) is 4.39 Å². The second kappa shape index (κ2) is 6.27. The van der Waals surface area contributed by atoms with Gasteiger partial charge in [-0.05, 0) is 23.8 Å². The third-order valence-electron chi connectivity index (χ3n) is 3.95. The highest BCUT2D eigenvalue weighted by Crippen LogP contribution is 2.24. The average molecular weight is 302 g/mol.